The third-order valence-corrected chi connectivity index (χ3v) is 7.14. The smallest absolute Gasteiger partial charge is 0.322 e. The molecule has 3 fully saturated rings. The molecule has 3 aliphatic rings. The van der Waals surface area contributed by atoms with Crippen LogP contribution in [0.1, 0.15) is 32.1 Å². The summed E-state index contributed by atoms with van der Waals surface area (Å²) in [6, 6.07) is 13.4. The first-order chi connectivity index (χ1) is 16.0. The van der Waals surface area contributed by atoms with E-state index in [1.54, 1.807) is 29.2 Å². The van der Waals surface area contributed by atoms with Crippen LogP contribution < -0.4 is 15.5 Å². The van der Waals surface area contributed by atoms with Crippen molar-refractivity contribution in [3.63, 3.8) is 0 Å². The van der Waals surface area contributed by atoms with Gasteiger partial charge in [-0.1, -0.05) is 11.6 Å². The van der Waals surface area contributed by atoms with Gasteiger partial charge in [-0.05, 0) is 86.1 Å². The van der Waals surface area contributed by atoms with Crippen LogP contribution in [-0.2, 0) is 9.59 Å². The Morgan fingerprint density at radius 1 is 0.879 bits per heavy atom. The number of urea groups is 1. The van der Waals surface area contributed by atoms with Gasteiger partial charge in [0.05, 0.1) is 0 Å². The molecule has 2 saturated heterocycles. The average Bonchev–Trinajstić information content (AvgIpc) is 3.37. The summed E-state index contributed by atoms with van der Waals surface area (Å²) in [6.45, 7) is 1.28. The van der Waals surface area contributed by atoms with Gasteiger partial charge >= 0.3 is 6.03 Å². The van der Waals surface area contributed by atoms with E-state index in [-0.39, 0.29) is 17.8 Å². The highest BCUT2D eigenvalue weighted by Crippen LogP contribution is 2.46. The lowest BCUT2D eigenvalue weighted by Crippen LogP contribution is -2.45. The summed E-state index contributed by atoms with van der Waals surface area (Å²) in [4.78, 5) is 41.6. The number of halogens is 1. The van der Waals surface area contributed by atoms with E-state index in [2.05, 4.69) is 10.6 Å². The summed E-state index contributed by atoms with van der Waals surface area (Å²) in [5.74, 6) is 1.26. The Bertz CT molecular complexity index is 1060. The monoisotopic (exact) mass is 466 g/mol. The molecule has 2 aromatic carbocycles. The lowest BCUT2D eigenvalue weighted by Gasteiger charge is -2.25. The third kappa shape index (κ3) is 4.83. The largest absolute Gasteiger partial charge is 0.324 e. The second kappa shape index (κ2) is 9.06. The van der Waals surface area contributed by atoms with Crippen molar-refractivity contribution >= 4 is 46.5 Å². The summed E-state index contributed by atoms with van der Waals surface area (Å²) < 4.78 is 0. The number of amides is 4. The normalized spacial score (nSPS) is 24.2. The number of benzene rings is 2. The van der Waals surface area contributed by atoms with E-state index in [1.165, 1.54) is 6.42 Å². The summed E-state index contributed by atoms with van der Waals surface area (Å²) >= 11 is 5.90. The molecule has 2 aliphatic heterocycles. The Labute approximate surface area is 198 Å². The highest BCUT2D eigenvalue weighted by atomic mass is 35.5. The summed E-state index contributed by atoms with van der Waals surface area (Å²) in [7, 11) is 0. The van der Waals surface area contributed by atoms with Gasteiger partial charge in [-0.25, -0.2) is 4.79 Å². The SMILES string of the molecule is O=C(Nc1ccc(N2CCC3CC3CC2=O)cc1)C1CCCN1C(=O)Nc1ccc(Cl)cc1. The fourth-order valence-electron chi connectivity index (χ4n) is 4.90. The zero-order valence-corrected chi connectivity index (χ0v) is 19.1. The number of likely N-dealkylation sites (tertiary alicyclic amines) is 1. The van der Waals surface area contributed by atoms with E-state index in [0.717, 1.165) is 25.1 Å². The maximum Gasteiger partial charge on any atom is 0.322 e. The van der Waals surface area contributed by atoms with E-state index in [9.17, 15) is 14.4 Å². The maximum absolute atomic E-state index is 12.9. The number of anilines is 3. The maximum atomic E-state index is 12.9. The van der Waals surface area contributed by atoms with E-state index in [1.807, 2.05) is 29.2 Å². The highest BCUT2D eigenvalue weighted by Gasteiger charge is 2.42. The molecule has 2 heterocycles. The van der Waals surface area contributed by atoms with Crippen LogP contribution in [0.25, 0.3) is 0 Å². The second-order valence-electron chi connectivity index (χ2n) is 9.12. The van der Waals surface area contributed by atoms with Gasteiger partial charge < -0.3 is 20.4 Å². The molecule has 0 aromatic heterocycles. The number of hydrogen-bond acceptors (Lipinski definition) is 3. The topological polar surface area (TPSA) is 81.8 Å². The lowest BCUT2D eigenvalue weighted by atomic mass is 10.2. The van der Waals surface area contributed by atoms with Crippen molar-refractivity contribution in [1.82, 2.24) is 4.90 Å². The molecule has 1 aliphatic carbocycles. The quantitative estimate of drug-likeness (QED) is 0.682. The zero-order valence-electron chi connectivity index (χ0n) is 18.3. The molecule has 2 aromatic rings. The summed E-state index contributed by atoms with van der Waals surface area (Å²) in [5, 5.41) is 6.35. The standard InChI is InChI=1S/C25H27ClN4O3/c26-18-3-5-20(6-4-18)28-25(33)30-12-1-2-22(30)24(32)27-19-7-9-21(10-8-19)29-13-11-16-14-17(16)15-23(29)31/h3-10,16-17,22H,1-2,11-15H2,(H,27,32)(H,28,33). The van der Waals surface area contributed by atoms with Gasteiger partial charge in [-0.15, -0.1) is 0 Å². The molecular weight excluding hydrogens is 440 g/mol. The molecular formula is C25H27ClN4O3. The van der Waals surface area contributed by atoms with E-state index < -0.39 is 6.04 Å². The van der Waals surface area contributed by atoms with Gasteiger partial charge in [0.1, 0.15) is 6.04 Å². The van der Waals surface area contributed by atoms with Gasteiger partial charge in [0, 0.05) is 41.6 Å². The van der Waals surface area contributed by atoms with Gasteiger partial charge in [0.2, 0.25) is 11.8 Å². The molecule has 2 N–H and O–H groups in total. The molecule has 0 spiro atoms. The van der Waals surface area contributed by atoms with Gasteiger partial charge in [0.25, 0.3) is 0 Å². The molecule has 3 unspecified atom stereocenters. The number of carbonyl (C=O) groups is 3. The van der Waals surface area contributed by atoms with Crippen LogP contribution >= 0.6 is 11.6 Å². The van der Waals surface area contributed by atoms with Gasteiger partial charge in [0.15, 0.2) is 0 Å². The fourth-order valence-corrected chi connectivity index (χ4v) is 5.03. The van der Waals surface area contributed by atoms with Crippen LogP contribution in [-0.4, -0.2) is 41.9 Å². The number of rotatable bonds is 4. The Kier molecular flexibility index (Phi) is 5.98. The number of hydrogen-bond donors (Lipinski definition) is 2. The minimum atomic E-state index is -0.532. The molecule has 3 atom stereocenters. The van der Waals surface area contributed by atoms with E-state index in [0.29, 0.717) is 47.6 Å². The van der Waals surface area contributed by atoms with Crippen LogP contribution in [0.15, 0.2) is 48.5 Å². The summed E-state index contributed by atoms with van der Waals surface area (Å²) in [6.07, 6.45) is 4.27. The average molecular weight is 467 g/mol. The predicted molar refractivity (Wildman–Crippen MR) is 128 cm³/mol. The van der Waals surface area contributed by atoms with Crippen molar-refractivity contribution in [2.24, 2.45) is 11.8 Å². The first kappa shape index (κ1) is 21.8. The first-order valence-electron chi connectivity index (χ1n) is 11.5. The third-order valence-electron chi connectivity index (χ3n) is 6.89. The molecule has 1 saturated carbocycles. The van der Waals surface area contributed by atoms with Crippen LogP contribution in [0.5, 0.6) is 0 Å². The molecule has 8 heteroatoms. The number of nitrogens with zero attached hydrogens (tertiary/aromatic N) is 2. The zero-order chi connectivity index (χ0) is 22.9. The molecule has 7 nitrogen and oxygen atoms in total. The molecule has 0 radical (unpaired) electrons. The van der Waals surface area contributed by atoms with Crippen molar-refractivity contribution in [2.45, 2.75) is 38.1 Å². The van der Waals surface area contributed by atoms with Crippen LogP contribution in [0.4, 0.5) is 21.9 Å². The molecule has 172 valence electrons. The lowest BCUT2D eigenvalue weighted by molar-refractivity contribution is -0.120. The van der Waals surface area contributed by atoms with Crippen LogP contribution in [0.2, 0.25) is 5.02 Å². The second-order valence-corrected chi connectivity index (χ2v) is 9.56. The predicted octanol–water partition coefficient (Wildman–Crippen LogP) is 4.74. The highest BCUT2D eigenvalue weighted by molar-refractivity contribution is 6.30. The molecule has 33 heavy (non-hydrogen) atoms. The van der Waals surface area contributed by atoms with E-state index in [4.69, 9.17) is 11.6 Å². The number of nitrogens with one attached hydrogen (secondary N) is 2. The molecule has 4 amide bonds. The van der Waals surface area contributed by atoms with Crippen LogP contribution in [0, 0.1) is 11.8 Å². The Balaban J connectivity index is 1.20. The van der Waals surface area contributed by atoms with Crippen molar-refractivity contribution in [3.8, 4) is 0 Å². The first-order valence-corrected chi connectivity index (χ1v) is 11.9. The van der Waals surface area contributed by atoms with Crippen LogP contribution in [0.3, 0.4) is 0 Å². The molecule has 0 bridgehead atoms. The minimum absolute atomic E-state index is 0.185. The van der Waals surface area contributed by atoms with Crippen molar-refractivity contribution in [2.75, 3.05) is 28.6 Å². The van der Waals surface area contributed by atoms with E-state index >= 15 is 0 Å². The summed E-state index contributed by atoms with van der Waals surface area (Å²) in [5.41, 5.74) is 2.15. The molecule has 5 rings (SSSR count). The Morgan fingerprint density at radius 2 is 1.58 bits per heavy atom. The fraction of sp³-hybridized carbons (Fsp3) is 0.400. The number of fused-ring (bicyclic) bond motifs is 1. The van der Waals surface area contributed by atoms with Crippen molar-refractivity contribution in [1.29, 1.82) is 0 Å². The van der Waals surface area contributed by atoms with Crippen molar-refractivity contribution < 1.29 is 14.4 Å². The van der Waals surface area contributed by atoms with Crippen molar-refractivity contribution in [3.05, 3.63) is 53.6 Å². The van der Waals surface area contributed by atoms with Gasteiger partial charge in [-0.2, -0.15) is 0 Å². The Hall–Kier alpha value is -3.06. The number of carbonyl (C=O) groups excluding carboxylic acids is 3. The minimum Gasteiger partial charge on any atom is -0.324 e. The van der Waals surface area contributed by atoms with Gasteiger partial charge in [-0.3, -0.25) is 9.59 Å². The Morgan fingerprint density at radius 3 is 2.33 bits per heavy atom.